The van der Waals surface area contributed by atoms with Crippen LogP contribution in [-0.4, -0.2) is 24.6 Å². The molecule has 0 aliphatic carbocycles. The highest BCUT2D eigenvalue weighted by Crippen LogP contribution is 2.41. The second-order valence-corrected chi connectivity index (χ2v) is 4.90. The maximum absolute atomic E-state index is 10.4. The third kappa shape index (κ3) is 2.10. The lowest BCUT2D eigenvalue weighted by molar-refractivity contribution is -0.152. The largest absolute Gasteiger partial charge is 0.388 e. The normalized spacial score (nSPS) is 34.3. The smallest absolute Gasteiger partial charge is 0.160 e. The van der Waals surface area contributed by atoms with E-state index in [-0.39, 0.29) is 12.2 Å². The van der Waals surface area contributed by atoms with Crippen LogP contribution in [0.15, 0.2) is 30.3 Å². The van der Waals surface area contributed by atoms with Gasteiger partial charge in [0.2, 0.25) is 0 Å². The Hall–Kier alpha value is -0.900. The zero-order chi connectivity index (χ0) is 11.7. The first-order valence-corrected chi connectivity index (χ1v) is 6.32. The molecule has 0 saturated carbocycles. The van der Waals surface area contributed by atoms with Crippen LogP contribution < -0.4 is 0 Å². The Kier molecular flexibility index (Phi) is 3.14. The number of hydrogen-bond acceptors (Lipinski definition) is 3. The Labute approximate surface area is 101 Å². The molecule has 0 bridgehead atoms. The maximum Gasteiger partial charge on any atom is 0.160 e. The van der Waals surface area contributed by atoms with Gasteiger partial charge in [0.1, 0.15) is 0 Å². The summed E-state index contributed by atoms with van der Waals surface area (Å²) in [5.74, 6) is 0.515. The third-order valence-electron chi connectivity index (χ3n) is 3.86. The molecule has 2 fully saturated rings. The first-order chi connectivity index (χ1) is 8.36. The van der Waals surface area contributed by atoms with Crippen molar-refractivity contribution in [3.05, 3.63) is 35.9 Å². The average Bonchev–Trinajstić information content (AvgIpc) is 2.83. The zero-order valence-electron chi connectivity index (χ0n) is 9.79. The molecule has 2 saturated heterocycles. The van der Waals surface area contributed by atoms with E-state index in [4.69, 9.17) is 9.47 Å². The van der Waals surface area contributed by atoms with Crippen molar-refractivity contribution in [3.8, 4) is 0 Å². The van der Waals surface area contributed by atoms with Gasteiger partial charge >= 0.3 is 0 Å². The minimum atomic E-state index is -0.437. The predicted octanol–water partition coefficient (Wildman–Crippen LogP) is 2.12. The van der Waals surface area contributed by atoms with Gasteiger partial charge < -0.3 is 14.6 Å². The number of hydrogen-bond donors (Lipinski definition) is 1. The number of ether oxygens (including phenoxy) is 2. The Morgan fingerprint density at radius 2 is 2.00 bits per heavy atom. The van der Waals surface area contributed by atoms with E-state index in [0.29, 0.717) is 12.5 Å². The molecule has 0 aromatic heterocycles. The van der Waals surface area contributed by atoms with Gasteiger partial charge in [0, 0.05) is 18.4 Å². The van der Waals surface area contributed by atoms with Crippen LogP contribution in [0.1, 0.15) is 24.5 Å². The summed E-state index contributed by atoms with van der Waals surface area (Å²) in [6.07, 6.45) is 1.64. The highest BCUT2D eigenvalue weighted by molar-refractivity contribution is 5.18. The molecule has 0 radical (unpaired) electrons. The topological polar surface area (TPSA) is 38.7 Å². The molecule has 3 heteroatoms. The maximum atomic E-state index is 10.4. The summed E-state index contributed by atoms with van der Waals surface area (Å²) in [5.41, 5.74) is 0.979. The molecule has 2 aliphatic rings. The summed E-state index contributed by atoms with van der Waals surface area (Å²) >= 11 is 0. The van der Waals surface area contributed by atoms with E-state index in [1.807, 2.05) is 30.3 Å². The summed E-state index contributed by atoms with van der Waals surface area (Å²) in [5, 5.41) is 10.4. The van der Waals surface area contributed by atoms with Crippen LogP contribution in [0.2, 0.25) is 0 Å². The Balaban J connectivity index is 1.76. The second kappa shape index (κ2) is 4.77. The van der Waals surface area contributed by atoms with E-state index in [2.05, 4.69) is 0 Å². The lowest BCUT2D eigenvalue weighted by Gasteiger charge is -2.29. The van der Waals surface area contributed by atoms with Crippen molar-refractivity contribution in [2.45, 2.75) is 25.2 Å². The van der Waals surface area contributed by atoms with Crippen LogP contribution in [-0.2, 0) is 9.47 Å². The molecule has 3 nitrogen and oxygen atoms in total. The summed E-state index contributed by atoms with van der Waals surface area (Å²) in [6, 6.07) is 9.84. The van der Waals surface area contributed by atoms with Crippen molar-refractivity contribution < 1.29 is 14.6 Å². The first kappa shape index (κ1) is 11.2. The van der Waals surface area contributed by atoms with Gasteiger partial charge in [-0.05, 0) is 18.4 Å². The van der Waals surface area contributed by atoms with E-state index in [9.17, 15) is 5.11 Å². The van der Waals surface area contributed by atoms with Gasteiger partial charge in [-0.15, -0.1) is 0 Å². The molecule has 17 heavy (non-hydrogen) atoms. The van der Waals surface area contributed by atoms with Gasteiger partial charge in [-0.3, -0.25) is 0 Å². The highest BCUT2D eigenvalue weighted by atomic mass is 16.7. The van der Waals surface area contributed by atoms with Gasteiger partial charge in [0.05, 0.1) is 12.7 Å². The molecule has 0 amide bonds. The second-order valence-electron chi connectivity index (χ2n) is 4.90. The van der Waals surface area contributed by atoms with Gasteiger partial charge in [-0.2, -0.15) is 0 Å². The van der Waals surface area contributed by atoms with Crippen LogP contribution in [0.3, 0.4) is 0 Å². The minimum Gasteiger partial charge on any atom is -0.388 e. The molecule has 1 aromatic rings. The monoisotopic (exact) mass is 234 g/mol. The lowest BCUT2D eigenvalue weighted by Crippen LogP contribution is -2.31. The molecule has 92 valence electrons. The molecular formula is C14H18O3. The van der Waals surface area contributed by atoms with E-state index < -0.39 is 6.10 Å². The van der Waals surface area contributed by atoms with Crippen LogP contribution in [0, 0.1) is 11.8 Å². The van der Waals surface area contributed by atoms with Gasteiger partial charge in [-0.25, -0.2) is 0 Å². The third-order valence-corrected chi connectivity index (χ3v) is 3.86. The van der Waals surface area contributed by atoms with E-state index in [1.54, 1.807) is 0 Å². The summed E-state index contributed by atoms with van der Waals surface area (Å²) in [6.45, 7) is 1.39. The van der Waals surface area contributed by atoms with Crippen molar-refractivity contribution in [2.75, 3.05) is 13.2 Å². The van der Waals surface area contributed by atoms with Gasteiger partial charge in [-0.1, -0.05) is 30.3 Å². The fraction of sp³-hybridized carbons (Fsp3) is 0.571. The minimum absolute atomic E-state index is 0.0906. The Morgan fingerprint density at radius 1 is 1.18 bits per heavy atom. The molecule has 0 spiro atoms. The number of aliphatic hydroxyl groups is 1. The SMILES string of the molecule is O[C@H](c1ccccc1)[C@H]1CO[C@H]2OCCC[C@H]21. The molecule has 1 aromatic carbocycles. The van der Waals surface area contributed by atoms with Crippen LogP contribution in [0.4, 0.5) is 0 Å². The molecular weight excluding hydrogens is 216 g/mol. The first-order valence-electron chi connectivity index (χ1n) is 6.32. The van der Waals surface area contributed by atoms with Crippen molar-refractivity contribution in [1.29, 1.82) is 0 Å². The average molecular weight is 234 g/mol. The standard InChI is InChI=1S/C14H18O3/c15-13(10-5-2-1-3-6-10)12-9-17-14-11(12)7-4-8-16-14/h1-3,5-6,11-15H,4,7-9H2/t11-,12-,13+,14+/m0/s1. The Bertz CT molecular complexity index is 365. The fourth-order valence-electron chi connectivity index (χ4n) is 2.92. The summed E-state index contributed by atoms with van der Waals surface area (Å²) in [4.78, 5) is 0. The van der Waals surface area contributed by atoms with E-state index >= 15 is 0 Å². The summed E-state index contributed by atoms with van der Waals surface area (Å²) < 4.78 is 11.2. The quantitative estimate of drug-likeness (QED) is 0.852. The molecule has 2 aliphatic heterocycles. The lowest BCUT2D eigenvalue weighted by atomic mass is 9.83. The van der Waals surface area contributed by atoms with Crippen molar-refractivity contribution in [1.82, 2.24) is 0 Å². The van der Waals surface area contributed by atoms with Crippen LogP contribution in [0.5, 0.6) is 0 Å². The number of fused-ring (bicyclic) bond motifs is 1. The Morgan fingerprint density at radius 3 is 2.82 bits per heavy atom. The molecule has 1 N–H and O–H groups in total. The number of aliphatic hydroxyl groups excluding tert-OH is 1. The molecule has 0 unspecified atom stereocenters. The number of rotatable bonds is 2. The van der Waals surface area contributed by atoms with Crippen LogP contribution >= 0.6 is 0 Å². The zero-order valence-corrected chi connectivity index (χ0v) is 9.79. The predicted molar refractivity (Wildman–Crippen MR) is 63.3 cm³/mol. The van der Waals surface area contributed by atoms with E-state index in [1.165, 1.54) is 0 Å². The fourth-order valence-corrected chi connectivity index (χ4v) is 2.92. The molecule has 3 rings (SSSR count). The van der Waals surface area contributed by atoms with Crippen molar-refractivity contribution in [3.63, 3.8) is 0 Å². The number of benzene rings is 1. The van der Waals surface area contributed by atoms with Gasteiger partial charge in [0.15, 0.2) is 6.29 Å². The highest BCUT2D eigenvalue weighted by Gasteiger charge is 2.43. The summed E-state index contributed by atoms with van der Waals surface area (Å²) in [7, 11) is 0. The van der Waals surface area contributed by atoms with Crippen molar-refractivity contribution in [2.24, 2.45) is 11.8 Å². The van der Waals surface area contributed by atoms with Gasteiger partial charge in [0.25, 0.3) is 0 Å². The van der Waals surface area contributed by atoms with E-state index in [0.717, 1.165) is 25.0 Å². The molecule has 2 heterocycles. The van der Waals surface area contributed by atoms with Crippen molar-refractivity contribution >= 4 is 0 Å². The molecule has 4 atom stereocenters. The van der Waals surface area contributed by atoms with Crippen LogP contribution in [0.25, 0.3) is 0 Å².